The monoisotopic (exact) mass is 402 g/mol. The van der Waals surface area contributed by atoms with E-state index in [-0.39, 0.29) is 23.9 Å². The lowest BCUT2D eigenvalue weighted by molar-refractivity contribution is -0.140. The summed E-state index contributed by atoms with van der Waals surface area (Å²) >= 11 is 0. The minimum Gasteiger partial charge on any atom is -0.480 e. The van der Waals surface area contributed by atoms with Crippen molar-refractivity contribution in [3.05, 3.63) is 60.2 Å². The summed E-state index contributed by atoms with van der Waals surface area (Å²) in [6.45, 7) is 5.14. The molecule has 1 atom stereocenters. The molecule has 1 saturated heterocycles. The van der Waals surface area contributed by atoms with Gasteiger partial charge in [0, 0.05) is 26.2 Å². The summed E-state index contributed by atoms with van der Waals surface area (Å²) in [6.07, 6.45) is -0.0197. The largest absolute Gasteiger partial charge is 0.480 e. The molecule has 6 nitrogen and oxygen atoms in total. The first-order valence-electron chi connectivity index (χ1n) is 9.49. The van der Waals surface area contributed by atoms with E-state index in [4.69, 9.17) is 4.74 Å². The summed E-state index contributed by atoms with van der Waals surface area (Å²) < 4.78 is 32.9. The lowest BCUT2D eigenvalue weighted by Gasteiger charge is -2.35. The van der Waals surface area contributed by atoms with Gasteiger partial charge >= 0.3 is 0 Å². The van der Waals surface area contributed by atoms with Crippen LogP contribution in [0.15, 0.2) is 59.5 Å². The Morgan fingerprint density at radius 1 is 1.00 bits per heavy atom. The molecular weight excluding hydrogens is 376 g/mol. The van der Waals surface area contributed by atoms with Crippen LogP contribution in [-0.2, 0) is 14.8 Å². The molecule has 0 unspecified atom stereocenters. The summed E-state index contributed by atoms with van der Waals surface area (Å²) in [7, 11) is -3.53. The molecule has 7 heteroatoms. The molecule has 0 radical (unpaired) electrons. The number of amides is 1. The van der Waals surface area contributed by atoms with Crippen LogP contribution in [0.3, 0.4) is 0 Å². The third-order valence-electron chi connectivity index (χ3n) is 4.94. The number of ether oxygens (including phenoxy) is 1. The first-order valence-corrected chi connectivity index (χ1v) is 10.9. The van der Waals surface area contributed by atoms with Crippen LogP contribution in [0.2, 0.25) is 0 Å². The molecule has 0 aliphatic carbocycles. The van der Waals surface area contributed by atoms with Crippen molar-refractivity contribution in [1.82, 2.24) is 9.21 Å². The second-order valence-corrected chi connectivity index (χ2v) is 8.76. The van der Waals surface area contributed by atoms with Crippen LogP contribution >= 0.6 is 0 Å². The average molecular weight is 403 g/mol. The Hall–Kier alpha value is -2.38. The first-order chi connectivity index (χ1) is 13.4. The molecule has 0 saturated carbocycles. The zero-order valence-electron chi connectivity index (χ0n) is 16.2. The summed E-state index contributed by atoms with van der Waals surface area (Å²) in [5, 5.41) is 0. The predicted molar refractivity (Wildman–Crippen MR) is 108 cm³/mol. The number of benzene rings is 2. The zero-order valence-corrected chi connectivity index (χ0v) is 17.1. The zero-order chi connectivity index (χ0) is 20.1. The Morgan fingerprint density at radius 3 is 2.21 bits per heavy atom. The van der Waals surface area contributed by atoms with Gasteiger partial charge in [0.15, 0.2) is 6.10 Å². The lowest BCUT2D eigenvalue weighted by Crippen LogP contribution is -2.53. The summed E-state index contributed by atoms with van der Waals surface area (Å²) in [4.78, 5) is 14.9. The molecule has 0 bridgehead atoms. The predicted octanol–water partition coefficient (Wildman–Crippen LogP) is 2.69. The maximum Gasteiger partial charge on any atom is 0.263 e. The molecule has 1 heterocycles. The number of aryl methyl sites for hydroxylation is 1. The third kappa shape index (κ3) is 4.36. The molecule has 2 aromatic carbocycles. The summed E-state index contributed by atoms with van der Waals surface area (Å²) in [5.41, 5.74) is 0.979. The van der Waals surface area contributed by atoms with E-state index in [9.17, 15) is 13.2 Å². The van der Waals surface area contributed by atoms with Crippen LogP contribution in [0.25, 0.3) is 0 Å². The highest BCUT2D eigenvalue weighted by Crippen LogP contribution is 2.21. The van der Waals surface area contributed by atoms with Gasteiger partial charge in [-0.25, -0.2) is 8.42 Å². The summed E-state index contributed by atoms with van der Waals surface area (Å²) in [6, 6.07) is 16.0. The molecule has 1 amide bonds. The van der Waals surface area contributed by atoms with E-state index in [1.165, 1.54) is 4.31 Å². The van der Waals surface area contributed by atoms with E-state index < -0.39 is 16.1 Å². The molecule has 1 aliphatic rings. The lowest BCUT2D eigenvalue weighted by atomic mass is 10.2. The van der Waals surface area contributed by atoms with Gasteiger partial charge in [0.25, 0.3) is 5.91 Å². The smallest absolute Gasteiger partial charge is 0.263 e. The number of piperazine rings is 1. The molecule has 0 spiro atoms. The van der Waals surface area contributed by atoms with Crippen LogP contribution in [0, 0.1) is 6.92 Å². The fourth-order valence-electron chi connectivity index (χ4n) is 3.24. The highest BCUT2D eigenvalue weighted by atomic mass is 32.2. The molecule has 1 aliphatic heterocycles. The van der Waals surface area contributed by atoms with Crippen molar-refractivity contribution in [2.45, 2.75) is 31.3 Å². The molecule has 2 aromatic rings. The molecular formula is C21H26N2O4S. The van der Waals surface area contributed by atoms with E-state index in [1.807, 2.05) is 38.1 Å². The van der Waals surface area contributed by atoms with Gasteiger partial charge in [-0.2, -0.15) is 4.31 Å². The van der Waals surface area contributed by atoms with E-state index in [1.54, 1.807) is 35.2 Å². The minimum absolute atomic E-state index is 0.0949. The Bertz CT molecular complexity index is 907. The maximum absolute atomic E-state index is 12.9. The Kier molecular flexibility index (Phi) is 6.36. The quantitative estimate of drug-likeness (QED) is 0.745. The van der Waals surface area contributed by atoms with Gasteiger partial charge in [-0.05, 0) is 37.1 Å². The van der Waals surface area contributed by atoms with Crippen molar-refractivity contribution in [1.29, 1.82) is 0 Å². The molecule has 28 heavy (non-hydrogen) atoms. The molecule has 150 valence electrons. The highest BCUT2D eigenvalue weighted by molar-refractivity contribution is 7.89. The second kappa shape index (κ2) is 8.75. The normalized spacial score (nSPS) is 16.6. The Morgan fingerprint density at radius 2 is 1.61 bits per heavy atom. The van der Waals surface area contributed by atoms with Crippen molar-refractivity contribution in [3.8, 4) is 5.75 Å². The van der Waals surface area contributed by atoms with Gasteiger partial charge in [-0.15, -0.1) is 0 Å². The number of sulfonamides is 1. The topological polar surface area (TPSA) is 66.9 Å². The van der Waals surface area contributed by atoms with Crippen LogP contribution in [0.5, 0.6) is 5.75 Å². The van der Waals surface area contributed by atoms with Crippen molar-refractivity contribution >= 4 is 15.9 Å². The van der Waals surface area contributed by atoms with Crippen molar-refractivity contribution in [3.63, 3.8) is 0 Å². The van der Waals surface area contributed by atoms with Crippen molar-refractivity contribution in [2.24, 2.45) is 0 Å². The van der Waals surface area contributed by atoms with Crippen LogP contribution in [-0.4, -0.2) is 55.8 Å². The van der Waals surface area contributed by atoms with E-state index in [2.05, 4.69) is 0 Å². The fourth-order valence-corrected chi connectivity index (χ4v) is 4.69. The van der Waals surface area contributed by atoms with Gasteiger partial charge in [0.2, 0.25) is 10.0 Å². The summed E-state index contributed by atoms with van der Waals surface area (Å²) in [5.74, 6) is 0.607. The molecule has 1 fully saturated rings. The van der Waals surface area contributed by atoms with Gasteiger partial charge in [0.1, 0.15) is 5.75 Å². The van der Waals surface area contributed by atoms with Crippen molar-refractivity contribution < 1.29 is 17.9 Å². The fraction of sp³-hybridized carbons (Fsp3) is 0.381. The third-order valence-corrected chi connectivity index (χ3v) is 6.85. The standard InChI is InChI=1S/C21H26N2O4S/c1-3-19(27-20-12-8-7-9-17(20)2)21(24)22-13-15-23(16-14-22)28(25,26)18-10-5-4-6-11-18/h4-12,19H,3,13-16H2,1-2H3/t19-/m0/s1. The number of carbonyl (C=O) groups excluding carboxylic acids is 1. The molecule has 3 rings (SSSR count). The highest BCUT2D eigenvalue weighted by Gasteiger charge is 2.32. The maximum atomic E-state index is 12.9. The van der Waals surface area contributed by atoms with Crippen molar-refractivity contribution in [2.75, 3.05) is 26.2 Å². The van der Waals surface area contributed by atoms with Gasteiger partial charge in [-0.1, -0.05) is 43.3 Å². The number of carbonyl (C=O) groups is 1. The van der Waals surface area contributed by atoms with Gasteiger partial charge in [-0.3, -0.25) is 4.79 Å². The number of para-hydroxylation sites is 1. The van der Waals surface area contributed by atoms with E-state index in [0.717, 1.165) is 5.56 Å². The minimum atomic E-state index is -3.53. The second-order valence-electron chi connectivity index (χ2n) is 6.82. The van der Waals surface area contributed by atoms with Crippen LogP contribution < -0.4 is 4.74 Å². The van der Waals surface area contributed by atoms with E-state index in [0.29, 0.717) is 25.3 Å². The Balaban J connectivity index is 1.63. The molecule has 0 N–H and O–H groups in total. The number of hydrogen-bond donors (Lipinski definition) is 0. The van der Waals surface area contributed by atoms with Crippen LogP contribution in [0.1, 0.15) is 18.9 Å². The van der Waals surface area contributed by atoms with E-state index >= 15 is 0 Å². The first kappa shape index (κ1) is 20.4. The van der Waals surface area contributed by atoms with Gasteiger partial charge in [0.05, 0.1) is 4.90 Å². The average Bonchev–Trinajstić information content (AvgIpc) is 2.73. The Labute approximate surface area is 166 Å². The number of rotatable bonds is 6. The number of hydrogen-bond acceptors (Lipinski definition) is 4. The molecule has 0 aromatic heterocycles. The van der Waals surface area contributed by atoms with Crippen LogP contribution in [0.4, 0.5) is 0 Å². The SMILES string of the molecule is CC[C@H](Oc1ccccc1C)C(=O)N1CCN(S(=O)(=O)c2ccccc2)CC1. The number of nitrogens with zero attached hydrogens (tertiary/aromatic N) is 2. The van der Waals surface area contributed by atoms with Gasteiger partial charge < -0.3 is 9.64 Å².